The van der Waals surface area contributed by atoms with Crippen LogP contribution in [0.1, 0.15) is 21.5 Å². The number of allylic oxidation sites excluding steroid dienone is 1. The van der Waals surface area contributed by atoms with Crippen LogP contribution in [0.25, 0.3) is 17.2 Å². The van der Waals surface area contributed by atoms with E-state index in [1.807, 2.05) is 42.5 Å². The molecule has 34 heavy (non-hydrogen) atoms. The number of carbonyl (C=O) groups is 1. The van der Waals surface area contributed by atoms with Crippen LogP contribution >= 0.6 is 0 Å². The van der Waals surface area contributed by atoms with Crippen LogP contribution in [0.2, 0.25) is 0 Å². The molecule has 0 aromatic heterocycles. The Bertz CT molecular complexity index is 1150. The molecular formula is C28H29NO5. The van der Waals surface area contributed by atoms with Gasteiger partial charge >= 0.3 is 0 Å². The number of carbonyl (C=O) groups excluding carboxylic acids is 1. The van der Waals surface area contributed by atoms with Crippen molar-refractivity contribution in [1.29, 1.82) is 0 Å². The fourth-order valence-electron chi connectivity index (χ4n) is 4.05. The van der Waals surface area contributed by atoms with Crippen molar-refractivity contribution in [2.45, 2.75) is 6.54 Å². The minimum atomic E-state index is -0.210. The maximum atomic E-state index is 13.0. The molecule has 1 aliphatic rings. The van der Waals surface area contributed by atoms with Crippen molar-refractivity contribution in [3.8, 4) is 22.6 Å². The van der Waals surface area contributed by atoms with Gasteiger partial charge in [-0.2, -0.15) is 0 Å². The van der Waals surface area contributed by atoms with E-state index in [2.05, 4.69) is 12.1 Å². The molecule has 4 rings (SSSR count). The average Bonchev–Trinajstić information content (AvgIpc) is 3.18. The van der Waals surface area contributed by atoms with E-state index in [0.29, 0.717) is 49.7 Å². The first-order chi connectivity index (χ1) is 16.6. The summed E-state index contributed by atoms with van der Waals surface area (Å²) in [5.41, 5.74) is 4.02. The summed E-state index contributed by atoms with van der Waals surface area (Å²) in [4.78, 5) is 14.2. The van der Waals surface area contributed by atoms with E-state index in [1.54, 1.807) is 26.4 Å². The van der Waals surface area contributed by atoms with Crippen molar-refractivity contribution >= 4 is 11.9 Å². The Labute approximate surface area is 200 Å². The van der Waals surface area contributed by atoms with Crippen LogP contribution in [0.15, 0.2) is 72.5 Å². The largest absolute Gasteiger partial charge is 0.872 e. The highest BCUT2D eigenvalue weighted by Crippen LogP contribution is 2.38. The third-order valence-electron chi connectivity index (χ3n) is 5.96. The smallest absolute Gasteiger partial charge is 0.231 e. The number of fused-ring (bicyclic) bond motifs is 1. The van der Waals surface area contributed by atoms with Crippen molar-refractivity contribution in [2.24, 2.45) is 0 Å². The van der Waals surface area contributed by atoms with Gasteiger partial charge in [0.05, 0.1) is 18.8 Å². The van der Waals surface area contributed by atoms with Gasteiger partial charge in [-0.25, -0.2) is 0 Å². The normalized spacial score (nSPS) is 14.0. The summed E-state index contributed by atoms with van der Waals surface area (Å²) >= 11 is 0. The van der Waals surface area contributed by atoms with E-state index in [0.717, 1.165) is 21.6 Å². The molecule has 0 saturated carbocycles. The fourth-order valence-corrected chi connectivity index (χ4v) is 4.05. The van der Waals surface area contributed by atoms with E-state index < -0.39 is 0 Å². The Kier molecular flexibility index (Phi) is 7.75. The van der Waals surface area contributed by atoms with Crippen LogP contribution in [-0.2, 0) is 16.0 Å². The minimum absolute atomic E-state index is 0.132. The van der Waals surface area contributed by atoms with Crippen molar-refractivity contribution in [1.82, 2.24) is 0 Å². The maximum absolute atomic E-state index is 13.0. The molecule has 0 bridgehead atoms. The lowest BCUT2D eigenvalue weighted by atomic mass is 10.0. The molecule has 0 spiro atoms. The van der Waals surface area contributed by atoms with Crippen molar-refractivity contribution in [3.05, 3.63) is 89.2 Å². The number of quaternary nitrogens is 1. The fraction of sp³-hybridized carbons (Fsp3) is 0.250. The SMILES string of the molecule is COCC[NH+](CCOC)Cc1c([O-])ccc2c1O/C(=C\c1ccc(-c3ccccc3)cc1)C2=O. The molecule has 0 fully saturated rings. The van der Waals surface area contributed by atoms with Crippen LogP contribution in [-0.4, -0.2) is 46.3 Å². The second-order valence-corrected chi connectivity index (χ2v) is 8.26. The van der Waals surface area contributed by atoms with Gasteiger partial charge in [0.2, 0.25) is 5.78 Å². The van der Waals surface area contributed by atoms with E-state index in [1.165, 1.54) is 6.07 Å². The highest BCUT2D eigenvalue weighted by Gasteiger charge is 2.31. The Morgan fingerprint density at radius 1 is 0.882 bits per heavy atom. The molecule has 1 aliphatic heterocycles. The molecule has 3 aromatic rings. The summed E-state index contributed by atoms with van der Waals surface area (Å²) in [6.45, 7) is 2.99. The zero-order valence-electron chi connectivity index (χ0n) is 19.5. The highest BCUT2D eigenvalue weighted by molar-refractivity contribution is 6.15. The number of benzene rings is 3. The van der Waals surface area contributed by atoms with E-state index in [-0.39, 0.29) is 17.3 Å². The Hall–Kier alpha value is -3.45. The predicted molar refractivity (Wildman–Crippen MR) is 129 cm³/mol. The number of Topliss-reactive ketones (excluding diaryl/α,β-unsaturated/α-hetero) is 1. The van der Waals surface area contributed by atoms with Crippen molar-refractivity contribution in [3.63, 3.8) is 0 Å². The number of methoxy groups -OCH3 is 2. The highest BCUT2D eigenvalue weighted by atomic mass is 16.5. The van der Waals surface area contributed by atoms with Crippen LogP contribution in [0.3, 0.4) is 0 Å². The second kappa shape index (κ2) is 11.1. The summed E-state index contributed by atoms with van der Waals surface area (Å²) in [7, 11) is 3.30. The number of hydrogen-bond acceptors (Lipinski definition) is 5. The van der Waals surface area contributed by atoms with Crippen LogP contribution in [0.4, 0.5) is 0 Å². The first kappa shape index (κ1) is 23.7. The Morgan fingerprint density at radius 3 is 2.18 bits per heavy atom. The lowest BCUT2D eigenvalue weighted by molar-refractivity contribution is -0.914. The molecular weight excluding hydrogens is 430 g/mol. The first-order valence-corrected chi connectivity index (χ1v) is 11.3. The van der Waals surface area contributed by atoms with Gasteiger partial charge in [0.25, 0.3) is 0 Å². The zero-order valence-corrected chi connectivity index (χ0v) is 19.5. The molecule has 0 radical (unpaired) electrons. The molecule has 0 saturated heterocycles. The summed E-state index contributed by atoms with van der Waals surface area (Å²) in [5.74, 6) is 0.257. The van der Waals surface area contributed by atoms with Gasteiger partial charge in [-0.05, 0) is 28.8 Å². The lowest BCUT2D eigenvalue weighted by Crippen LogP contribution is -3.11. The number of nitrogens with one attached hydrogen (secondary N) is 1. The third-order valence-corrected chi connectivity index (χ3v) is 5.96. The summed E-state index contributed by atoms with van der Waals surface area (Å²) in [6, 6.07) is 21.1. The third kappa shape index (κ3) is 5.37. The Morgan fingerprint density at radius 2 is 1.53 bits per heavy atom. The molecule has 0 aliphatic carbocycles. The molecule has 176 valence electrons. The zero-order chi connectivity index (χ0) is 23.9. The standard InChI is InChI=1S/C28H29NO5/c1-32-16-14-29(15-17-33-2)19-24-25(30)13-12-23-27(31)26(34-28(23)24)18-20-8-10-22(11-9-20)21-6-4-3-5-7-21/h3-13,18,30H,14-17,19H2,1-2H3/b26-18-. The molecule has 0 amide bonds. The molecule has 6 nitrogen and oxygen atoms in total. The van der Waals surface area contributed by atoms with E-state index in [4.69, 9.17) is 14.2 Å². The number of hydrogen-bond donors (Lipinski definition) is 1. The molecule has 1 heterocycles. The molecule has 0 atom stereocenters. The Balaban J connectivity index is 1.57. The van der Waals surface area contributed by atoms with Gasteiger partial charge in [-0.3, -0.25) is 4.79 Å². The maximum Gasteiger partial charge on any atom is 0.231 e. The quantitative estimate of drug-likeness (QED) is 0.472. The minimum Gasteiger partial charge on any atom is -0.872 e. The number of ketones is 1. The summed E-state index contributed by atoms with van der Waals surface area (Å²) in [5, 5.41) is 12.7. The predicted octanol–water partition coefficient (Wildman–Crippen LogP) is 2.72. The van der Waals surface area contributed by atoms with Crippen LogP contribution in [0, 0.1) is 0 Å². The molecule has 3 aromatic carbocycles. The molecule has 6 heteroatoms. The monoisotopic (exact) mass is 459 g/mol. The van der Waals surface area contributed by atoms with Gasteiger partial charge in [0.1, 0.15) is 25.4 Å². The first-order valence-electron chi connectivity index (χ1n) is 11.3. The van der Waals surface area contributed by atoms with Gasteiger partial charge in [0, 0.05) is 19.8 Å². The van der Waals surface area contributed by atoms with Crippen LogP contribution < -0.4 is 14.7 Å². The van der Waals surface area contributed by atoms with Crippen molar-refractivity contribution < 1.29 is 29.0 Å². The van der Waals surface area contributed by atoms with Crippen molar-refractivity contribution in [2.75, 3.05) is 40.5 Å². The number of ether oxygens (including phenoxy) is 3. The topological polar surface area (TPSA) is 72.3 Å². The molecule has 0 unspecified atom stereocenters. The van der Waals surface area contributed by atoms with Gasteiger partial charge in [-0.1, -0.05) is 66.4 Å². The summed E-state index contributed by atoms with van der Waals surface area (Å²) < 4.78 is 16.4. The molecule has 1 N–H and O–H groups in total. The van der Waals surface area contributed by atoms with Crippen LogP contribution in [0.5, 0.6) is 11.5 Å². The second-order valence-electron chi connectivity index (χ2n) is 8.26. The van der Waals surface area contributed by atoms with E-state index >= 15 is 0 Å². The summed E-state index contributed by atoms with van der Waals surface area (Å²) in [6.07, 6.45) is 1.73. The van der Waals surface area contributed by atoms with Gasteiger partial charge in [-0.15, -0.1) is 0 Å². The number of rotatable bonds is 10. The van der Waals surface area contributed by atoms with Gasteiger partial charge < -0.3 is 24.2 Å². The average molecular weight is 460 g/mol. The lowest BCUT2D eigenvalue weighted by Gasteiger charge is -2.23. The van der Waals surface area contributed by atoms with Gasteiger partial charge in [0.15, 0.2) is 5.76 Å². The van der Waals surface area contributed by atoms with E-state index in [9.17, 15) is 9.90 Å².